The molecule has 1 unspecified atom stereocenters. The monoisotopic (exact) mass is 301 g/mol. The Morgan fingerprint density at radius 1 is 1.14 bits per heavy atom. The van der Waals surface area contributed by atoms with E-state index in [2.05, 4.69) is 16.0 Å². The Hall–Kier alpha value is -1.63. The number of imide groups is 1. The van der Waals surface area contributed by atoms with Crippen molar-refractivity contribution in [1.29, 1.82) is 0 Å². The van der Waals surface area contributed by atoms with Crippen molar-refractivity contribution < 1.29 is 19.5 Å². The van der Waals surface area contributed by atoms with Crippen molar-refractivity contribution in [2.24, 2.45) is 5.92 Å². The number of rotatable bonds is 11. The summed E-state index contributed by atoms with van der Waals surface area (Å²) in [4.78, 5) is 33.1. The second kappa shape index (κ2) is 12.1. The van der Waals surface area contributed by atoms with Gasteiger partial charge in [0.25, 0.3) is 0 Å². The molecular formula is C14H27N3O4. The molecule has 4 N–H and O–H groups in total. The van der Waals surface area contributed by atoms with E-state index in [0.717, 1.165) is 19.3 Å². The lowest BCUT2D eigenvalue weighted by molar-refractivity contribution is -0.137. The Kier molecular flexibility index (Phi) is 11.2. The molecule has 1 atom stereocenters. The summed E-state index contributed by atoms with van der Waals surface area (Å²) in [5, 5.41) is 16.3. The maximum atomic E-state index is 11.4. The van der Waals surface area contributed by atoms with Crippen LogP contribution in [0.1, 0.15) is 46.0 Å². The molecule has 122 valence electrons. The maximum absolute atomic E-state index is 11.4. The lowest BCUT2D eigenvalue weighted by Crippen LogP contribution is -2.43. The predicted octanol–water partition coefficient (Wildman–Crippen LogP) is 1.09. The van der Waals surface area contributed by atoms with Crippen LogP contribution < -0.4 is 16.0 Å². The molecule has 7 nitrogen and oxygen atoms in total. The van der Waals surface area contributed by atoms with Gasteiger partial charge in [0, 0.05) is 13.0 Å². The molecule has 0 aliphatic rings. The lowest BCUT2D eigenvalue weighted by Gasteiger charge is -2.11. The van der Waals surface area contributed by atoms with E-state index in [-0.39, 0.29) is 24.8 Å². The van der Waals surface area contributed by atoms with Crippen LogP contribution in [0, 0.1) is 5.92 Å². The van der Waals surface area contributed by atoms with Gasteiger partial charge in [-0.2, -0.15) is 0 Å². The number of aliphatic carboxylic acids is 1. The first-order chi connectivity index (χ1) is 9.95. The number of carboxylic acids is 1. The zero-order valence-electron chi connectivity index (χ0n) is 12.9. The third-order valence-electron chi connectivity index (χ3n) is 3.02. The van der Waals surface area contributed by atoms with E-state index in [1.54, 1.807) is 0 Å². The van der Waals surface area contributed by atoms with Gasteiger partial charge in [-0.05, 0) is 31.7 Å². The van der Waals surface area contributed by atoms with Crippen LogP contribution >= 0.6 is 0 Å². The Bertz CT molecular complexity index is 334. The number of carboxylic acid groups (broad SMARTS) is 1. The quantitative estimate of drug-likeness (QED) is 0.427. The highest BCUT2D eigenvalue weighted by Gasteiger charge is 2.08. The molecule has 0 aromatic carbocycles. The molecule has 3 amide bonds. The topological polar surface area (TPSA) is 108 Å². The number of amides is 3. The largest absolute Gasteiger partial charge is 0.481 e. The van der Waals surface area contributed by atoms with Gasteiger partial charge in [0.05, 0.1) is 6.54 Å². The molecule has 0 heterocycles. The highest BCUT2D eigenvalue weighted by atomic mass is 16.4. The van der Waals surface area contributed by atoms with Crippen molar-refractivity contribution >= 4 is 17.9 Å². The summed E-state index contributed by atoms with van der Waals surface area (Å²) in [7, 11) is 0. The minimum Gasteiger partial charge on any atom is -0.481 e. The molecule has 0 aromatic rings. The van der Waals surface area contributed by atoms with Gasteiger partial charge < -0.3 is 15.7 Å². The third-order valence-corrected chi connectivity index (χ3v) is 3.02. The van der Waals surface area contributed by atoms with Gasteiger partial charge in [0.2, 0.25) is 5.91 Å². The first-order valence-electron chi connectivity index (χ1n) is 7.45. The molecule has 0 spiro atoms. The standard InChI is InChI=1S/C14H27N3O4/c1-3-4-8-16-14(21)17-12(18)10-15-9-7-11(2)5-6-13(19)20/h11,15H,3-10H2,1-2H3,(H,19,20)(H2,16,17,18,21). The van der Waals surface area contributed by atoms with E-state index in [9.17, 15) is 14.4 Å². The first-order valence-corrected chi connectivity index (χ1v) is 7.45. The molecule has 7 heteroatoms. The number of urea groups is 1. The van der Waals surface area contributed by atoms with Crippen LogP contribution in [-0.2, 0) is 9.59 Å². The van der Waals surface area contributed by atoms with Gasteiger partial charge >= 0.3 is 12.0 Å². The first kappa shape index (κ1) is 19.4. The molecule has 0 aromatic heterocycles. The Labute approximate surface area is 125 Å². The predicted molar refractivity (Wildman–Crippen MR) is 80.0 cm³/mol. The molecule has 0 saturated heterocycles. The average molecular weight is 301 g/mol. The number of hydrogen-bond acceptors (Lipinski definition) is 4. The van der Waals surface area contributed by atoms with Crippen LogP contribution in [0.25, 0.3) is 0 Å². The average Bonchev–Trinajstić information content (AvgIpc) is 2.41. The Balaban J connectivity index is 3.56. The second-order valence-corrected chi connectivity index (χ2v) is 5.16. The van der Waals surface area contributed by atoms with Crippen LogP contribution in [0.4, 0.5) is 4.79 Å². The fraction of sp³-hybridized carbons (Fsp3) is 0.786. The molecule has 0 bridgehead atoms. The number of hydrogen-bond donors (Lipinski definition) is 4. The minimum absolute atomic E-state index is 0.0762. The second-order valence-electron chi connectivity index (χ2n) is 5.16. The van der Waals surface area contributed by atoms with Crippen molar-refractivity contribution in [3.05, 3.63) is 0 Å². The van der Waals surface area contributed by atoms with Crippen molar-refractivity contribution in [2.45, 2.75) is 46.0 Å². The molecule has 21 heavy (non-hydrogen) atoms. The number of nitrogens with one attached hydrogen (secondary N) is 3. The van der Waals surface area contributed by atoms with Gasteiger partial charge in [-0.3, -0.25) is 14.9 Å². The van der Waals surface area contributed by atoms with Gasteiger partial charge in [0.1, 0.15) is 0 Å². The highest BCUT2D eigenvalue weighted by Crippen LogP contribution is 2.08. The van der Waals surface area contributed by atoms with Crippen LogP contribution in [0.5, 0.6) is 0 Å². The van der Waals surface area contributed by atoms with Crippen molar-refractivity contribution in [2.75, 3.05) is 19.6 Å². The molecular weight excluding hydrogens is 274 g/mol. The summed E-state index contributed by atoms with van der Waals surface area (Å²) in [6, 6.07) is -0.468. The van der Waals surface area contributed by atoms with E-state index in [1.165, 1.54) is 0 Å². The molecule has 0 rings (SSSR count). The summed E-state index contributed by atoms with van der Waals surface area (Å²) in [5.41, 5.74) is 0. The summed E-state index contributed by atoms with van der Waals surface area (Å²) < 4.78 is 0. The molecule has 0 radical (unpaired) electrons. The summed E-state index contributed by atoms with van der Waals surface area (Å²) in [5.74, 6) is -0.875. The normalized spacial score (nSPS) is 11.7. The van der Waals surface area contributed by atoms with Crippen molar-refractivity contribution in [3.63, 3.8) is 0 Å². The maximum Gasteiger partial charge on any atom is 0.321 e. The molecule has 0 aliphatic heterocycles. The zero-order valence-corrected chi connectivity index (χ0v) is 12.9. The van der Waals surface area contributed by atoms with Gasteiger partial charge in [-0.15, -0.1) is 0 Å². The van der Waals surface area contributed by atoms with E-state index in [4.69, 9.17) is 5.11 Å². The van der Waals surface area contributed by atoms with Gasteiger partial charge in [0.15, 0.2) is 0 Å². The van der Waals surface area contributed by atoms with E-state index in [0.29, 0.717) is 19.5 Å². The minimum atomic E-state index is -0.789. The zero-order chi connectivity index (χ0) is 16.1. The third kappa shape index (κ3) is 13.1. The van der Waals surface area contributed by atoms with Crippen molar-refractivity contribution in [1.82, 2.24) is 16.0 Å². The summed E-state index contributed by atoms with van der Waals surface area (Å²) in [6.45, 7) is 5.25. The Morgan fingerprint density at radius 3 is 2.48 bits per heavy atom. The number of unbranched alkanes of at least 4 members (excludes halogenated alkanes) is 1. The molecule has 0 aliphatic carbocycles. The number of carbonyl (C=O) groups excluding carboxylic acids is 2. The fourth-order valence-electron chi connectivity index (χ4n) is 1.66. The van der Waals surface area contributed by atoms with E-state index in [1.807, 2.05) is 13.8 Å². The Morgan fingerprint density at radius 2 is 1.86 bits per heavy atom. The fourth-order valence-corrected chi connectivity index (χ4v) is 1.66. The van der Waals surface area contributed by atoms with Crippen LogP contribution in [0.2, 0.25) is 0 Å². The van der Waals surface area contributed by atoms with E-state index < -0.39 is 12.0 Å². The van der Waals surface area contributed by atoms with Gasteiger partial charge in [-0.1, -0.05) is 20.3 Å². The summed E-state index contributed by atoms with van der Waals surface area (Å²) >= 11 is 0. The van der Waals surface area contributed by atoms with Crippen LogP contribution in [0.3, 0.4) is 0 Å². The number of carbonyl (C=O) groups is 3. The van der Waals surface area contributed by atoms with Gasteiger partial charge in [-0.25, -0.2) is 4.79 Å². The van der Waals surface area contributed by atoms with Crippen LogP contribution in [0.15, 0.2) is 0 Å². The van der Waals surface area contributed by atoms with Crippen LogP contribution in [-0.4, -0.2) is 42.6 Å². The highest BCUT2D eigenvalue weighted by molar-refractivity contribution is 5.95. The molecule has 0 saturated carbocycles. The van der Waals surface area contributed by atoms with Crippen molar-refractivity contribution in [3.8, 4) is 0 Å². The summed E-state index contributed by atoms with van der Waals surface area (Å²) in [6.07, 6.45) is 3.45. The van der Waals surface area contributed by atoms with E-state index >= 15 is 0 Å². The lowest BCUT2D eigenvalue weighted by atomic mass is 10.0. The SMILES string of the molecule is CCCCNC(=O)NC(=O)CNCCC(C)CCC(=O)O. The molecule has 0 fully saturated rings. The smallest absolute Gasteiger partial charge is 0.321 e.